The minimum atomic E-state index is -3.67. The maximum absolute atomic E-state index is 12.1. The molecule has 0 heterocycles. The van der Waals surface area contributed by atoms with E-state index in [1.54, 1.807) is 12.1 Å². The molecule has 1 amide bonds. The predicted octanol–water partition coefficient (Wildman–Crippen LogP) is 2.15. The average molecular weight is 411 g/mol. The van der Waals surface area contributed by atoms with Gasteiger partial charge in [-0.3, -0.25) is 9.59 Å². The third kappa shape index (κ3) is 6.60. The Labute approximate surface area is 167 Å². The van der Waals surface area contributed by atoms with Gasteiger partial charge in [0.25, 0.3) is 5.91 Å². The summed E-state index contributed by atoms with van der Waals surface area (Å²) in [6.07, 6.45) is 3.04. The molecule has 2 N–H and O–H groups in total. The Balaban J connectivity index is 1.69. The van der Waals surface area contributed by atoms with Gasteiger partial charge < -0.3 is 10.1 Å². The van der Waals surface area contributed by atoms with Gasteiger partial charge >= 0.3 is 5.97 Å². The minimum absolute atomic E-state index is 0.0894. The molecule has 0 spiro atoms. The Hall–Kier alpha value is -1.93. The number of sulfonamides is 1. The maximum Gasteiger partial charge on any atom is 0.307 e. The van der Waals surface area contributed by atoms with Crippen molar-refractivity contribution in [1.29, 1.82) is 0 Å². The van der Waals surface area contributed by atoms with E-state index in [4.69, 9.17) is 4.74 Å². The van der Waals surface area contributed by atoms with E-state index in [-0.39, 0.29) is 36.4 Å². The molecule has 1 aliphatic carbocycles. The van der Waals surface area contributed by atoms with Crippen molar-refractivity contribution in [2.24, 2.45) is 11.8 Å². The van der Waals surface area contributed by atoms with Crippen molar-refractivity contribution < 1.29 is 22.7 Å². The topological polar surface area (TPSA) is 102 Å². The van der Waals surface area contributed by atoms with Crippen molar-refractivity contribution in [3.8, 4) is 0 Å². The van der Waals surface area contributed by atoms with E-state index in [0.717, 1.165) is 18.4 Å². The number of amides is 1. The fraction of sp³-hybridized carbons (Fsp3) is 0.600. The summed E-state index contributed by atoms with van der Waals surface area (Å²) in [7, 11) is -3.67. The molecular weight excluding hydrogens is 380 g/mol. The van der Waals surface area contributed by atoms with Gasteiger partial charge in [0.1, 0.15) is 0 Å². The van der Waals surface area contributed by atoms with Crippen molar-refractivity contribution in [3.05, 3.63) is 29.8 Å². The summed E-state index contributed by atoms with van der Waals surface area (Å²) in [6.45, 7) is 5.74. The SMILES string of the molecule is Cc1ccc(S(=O)(=O)NCCC(=O)OCC(=O)N[C@H]2CCC[C@H](C)[C@@H]2C)cc1. The lowest BCUT2D eigenvalue weighted by Gasteiger charge is -2.34. The summed E-state index contributed by atoms with van der Waals surface area (Å²) < 4.78 is 31.6. The van der Waals surface area contributed by atoms with Crippen LogP contribution in [0.25, 0.3) is 0 Å². The zero-order valence-corrected chi connectivity index (χ0v) is 17.6. The summed E-state index contributed by atoms with van der Waals surface area (Å²) in [5.41, 5.74) is 0.956. The van der Waals surface area contributed by atoms with Gasteiger partial charge in [0.2, 0.25) is 10.0 Å². The third-order valence-corrected chi connectivity index (χ3v) is 6.85. The predicted molar refractivity (Wildman–Crippen MR) is 106 cm³/mol. The fourth-order valence-corrected chi connectivity index (χ4v) is 4.37. The monoisotopic (exact) mass is 410 g/mol. The van der Waals surface area contributed by atoms with Gasteiger partial charge in [0.15, 0.2) is 6.61 Å². The number of esters is 1. The zero-order chi connectivity index (χ0) is 20.7. The van der Waals surface area contributed by atoms with Crippen molar-refractivity contribution in [2.75, 3.05) is 13.2 Å². The van der Waals surface area contributed by atoms with Gasteiger partial charge in [-0.1, -0.05) is 44.4 Å². The minimum Gasteiger partial charge on any atom is -0.456 e. The average Bonchev–Trinajstić information content (AvgIpc) is 2.64. The molecule has 0 aliphatic heterocycles. The van der Waals surface area contributed by atoms with Gasteiger partial charge in [0, 0.05) is 12.6 Å². The second-order valence-corrected chi connectivity index (χ2v) is 9.33. The van der Waals surface area contributed by atoms with E-state index < -0.39 is 16.0 Å². The first-order valence-corrected chi connectivity index (χ1v) is 11.2. The van der Waals surface area contributed by atoms with Crippen LogP contribution in [0.15, 0.2) is 29.2 Å². The van der Waals surface area contributed by atoms with Crippen LogP contribution in [0.3, 0.4) is 0 Å². The molecule has 7 nitrogen and oxygen atoms in total. The molecule has 0 aromatic heterocycles. The van der Waals surface area contributed by atoms with Crippen LogP contribution in [0.4, 0.5) is 0 Å². The molecule has 1 saturated carbocycles. The molecule has 156 valence electrons. The second-order valence-electron chi connectivity index (χ2n) is 7.56. The molecule has 8 heteroatoms. The quantitative estimate of drug-likeness (QED) is 0.640. The van der Waals surface area contributed by atoms with E-state index in [1.807, 2.05) is 6.92 Å². The lowest BCUT2D eigenvalue weighted by Crippen LogP contribution is -2.45. The van der Waals surface area contributed by atoms with E-state index in [9.17, 15) is 18.0 Å². The lowest BCUT2D eigenvalue weighted by atomic mass is 9.78. The van der Waals surface area contributed by atoms with Gasteiger partial charge in [-0.25, -0.2) is 13.1 Å². The summed E-state index contributed by atoms with van der Waals surface area (Å²) in [5, 5.41) is 2.93. The molecular formula is C20H30N2O5S. The molecule has 3 atom stereocenters. The number of benzene rings is 1. The Bertz CT molecular complexity index is 776. The number of hydrogen-bond acceptors (Lipinski definition) is 5. The van der Waals surface area contributed by atoms with Crippen molar-refractivity contribution in [3.63, 3.8) is 0 Å². The highest BCUT2D eigenvalue weighted by Crippen LogP contribution is 2.29. The number of aryl methyl sites for hydroxylation is 1. The molecule has 0 bridgehead atoms. The normalized spacial score (nSPS) is 22.5. The van der Waals surface area contributed by atoms with Crippen molar-refractivity contribution in [1.82, 2.24) is 10.0 Å². The highest BCUT2D eigenvalue weighted by atomic mass is 32.2. The van der Waals surface area contributed by atoms with Crippen LogP contribution in [0, 0.1) is 18.8 Å². The van der Waals surface area contributed by atoms with E-state index in [2.05, 4.69) is 23.9 Å². The number of hydrogen-bond donors (Lipinski definition) is 2. The number of carbonyl (C=O) groups excluding carboxylic acids is 2. The number of ether oxygens (including phenoxy) is 1. The molecule has 1 aromatic rings. The van der Waals surface area contributed by atoms with Crippen LogP contribution in [-0.2, 0) is 24.3 Å². The Morgan fingerprint density at radius 1 is 1.14 bits per heavy atom. The summed E-state index contributed by atoms with van der Waals surface area (Å²) in [6, 6.07) is 6.53. The standard InChI is InChI=1S/C20H30N2O5S/c1-14-7-9-17(10-8-14)28(25,26)21-12-11-20(24)27-13-19(23)22-18-6-4-5-15(2)16(18)3/h7-10,15-16,18,21H,4-6,11-13H2,1-3H3,(H,22,23)/t15-,16-,18-/m0/s1. The Kier molecular flexibility index (Phi) is 8.00. The Morgan fingerprint density at radius 3 is 2.50 bits per heavy atom. The van der Waals surface area contributed by atoms with E-state index in [0.29, 0.717) is 11.8 Å². The van der Waals surface area contributed by atoms with Crippen LogP contribution in [-0.4, -0.2) is 39.5 Å². The summed E-state index contributed by atoms with van der Waals surface area (Å²) >= 11 is 0. The third-order valence-electron chi connectivity index (χ3n) is 5.37. The van der Waals surface area contributed by atoms with Gasteiger partial charge in [0.05, 0.1) is 11.3 Å². The highest BCUT2D eigenvalue weighted by molar-refractivity contribution is 7.89. The summed E-state index contributed by atoms with van der Waals surface area (Å²) in [5.74, 6) is 0.0130. The largest absolute Gasteiger partial charge is 0.456 e. The van der Waals surface area contributed by atoms with E-state index in [1.165, 1.54) is 18.6 Å². The molecule has 1 fully saturated rings. The first kappa shape index (κ1) is 22.4. The molecule has 0 radical (unpaired) electrons. The lowest BCUT2D eigenvalue weighted by molar-refractivity contribution is -0.148. The number of nitrogens with one attached hydrogen (secondary N) is 2. The second kappa shape index (κ2) is 10.0. The van der Waals surface area contributed by atoms with Crippen molar-refractivity contribution in [2.45, 2.75) is 57.4 Å². The smallest absolute Gasteiger partial charge is 0.307 e. The number of carbonyl (C=O) groups is 2. The molecule has 1 aromatic carbocycles. The number of rotatable bonds is 8. The first-order chi connectivity index (χ1) is 13.2. The van der Waals surface area contributed by atoms with Gasteiger partial charge in [-0.2, -0.15) is 0 Å². The van der Waals surface area contributed by atoms with Gasteiger partial charge in [-0.15, -0.1) is 0 Å². The Morgan fingerprint density at radius 2 is 1.82 bits per heavy atom. The van der Waals surface area contributed by atoms with Crippen LogP contribution in [0.1, 0.15) is 45.1 Å². The van der Waals surface area contributed by atoms with Crippen LogP contribution >= 0.6 is 0 Å². The fourth-order valence-electron chi connectivity index (χ4n) is 3.34. The summed E-state index contributed by atoms with van der Waals surface area (Å²) in [4.78, 5) is 23.9. The molecule has 2 rings (SSSR count). The van der Waals surface area contributed by atoms with Crippen LogP contribution in [0.2, 0.25) is 0 Å². The van der Waals surface area contributed by atoms with E-state index >= 15 is 0 Å². The molecule has 1 aliphatic rings. The first-order valence-electron chi connectivity index (χ1n) is 9.70. The maximum atomic E-state index is 12.1. The molecule has 0 saturated heterocycles. The zero-order valence-electron chi connectivity index (χ0n) is 16.7. The van der Waals surface area contributed by atoms with Crippen LogP contribution < -0.4 is 10.0 Å². The van der Waals surface area contributed by atoms with Gasteiger partial charge in [-0.05, 0) is 37.3 Å². The highest BCUT2D eigenvalue weighted by Gasteiger charge is 2.28. The van der Waals surface area contributed by atoms with Crippen molar-refractivity contribution >= 4 is 21.9 Å². The van der Waals surface area contributed by atoms with Crippen LogP contribution in [0.5, 0.6) is 0 Å². The molecule has 0 unspecified atom stereocenters. The molecule has 28 heavy (non-hydrogen) atoms.